The van der Waals surface area contributed by atoms with E-state index in [1.165, 1.54) is 12.0 Å². The van der Waals surface area contributed by atoms with Crippen molar-refractivity contribution in [1.29, 1.82) is 0 Å². The highest BCUT2D eigenvalue weighted by molar-refractivity contribution is 6.02. The zero-order valence-corrected chi connectivity index (χ0v) is 23.5. The Labute approximate surface area is 236 Å². The van der Waals surface area contributed by atoms with Gasteiger partial charge in [0, 0.05) is 18.3 Å². The van der Waals surface area contributed by atoms with Crippen molar-refractivity contribution >= 4 is 23.4 Å². The third kappa shape index (κ3) is 4.54. The second kappa shape index (κ2) is 10.5. The van der Waals surface area contributed by atoms with E-state index in [1.807, 2.05) is 66.7 Å². The van der Waals surface area contributed by atoms with Gasteiger partial charge in [0.25, 0.3) is 0 Å². The molecule has 0 aromatic heterocycles. The summed E-state index contributed by atoms with van der Waals surface area (Å²) in [5, 5.41) is 6.31. The van der Waals surface area contributed by atoms with Gasteiger partial charge in [0.15, 0.2) is 0 Å². The van der Waals surface area contributed by atoms with Crippen LogP contribution >= 0.6 is 0 Å². The van der Waals surface area contributed by atoms with Gasteiger partial charge in [-0.1, -0.05) is 88.2 Å². The fourth-order valence-electron chi connectivity index (χ4n) is 7.19. The van der Waals surface area contributed by atoms with Crippen LogP contribution in [0.5, 0.6) is 0 Å². The third-order valence-corrected chi connectivity index (χ3v) is 9.40. The largest absolute Gasteiger partial charge is 0.359 e. The van der Waals surface area contributed by atoms with Crippen molar-refractivity contribution in [1.82, 2.24) is 10.2 Å². The lowest BCUT2D eigenvalue weighted by atomic mass is 9.74. The van der Waals surface area contributed by atoms with Crippen molar-refractivity contribution in [3.8, 4) is 0 Å². The molecular formula is C33H39N3O4. The van der Waals surface area contributed by atoms with Crippen LogP contribution in [0.15, 0.2) is 66.7 Å². The van der Waals surface area contributed by atoms with Gasteiger partial charge in [0.2, 0.25) is 17.7 Å². The minimum absolute atomic E-state index is 0.0702. The van der Waals surface area contributed by atoms with Crippen molar-refractivity contribution in [2.45, 2.75) is 82.7 Å². The van der Waals surface area contributed by atoms with Crippen LogP contribution < -0.4 is 10.6 Å². The quantitative estimate of drug-likeness (QED) is 0.494. The molecule has 1 aliphatic carbocycles. The number of anilines is 1. The molecule has 2 bridgehead atoms. The standard InChI is InChI=1S/C33H39N3O4/c1-20(2)23-13-15-24(16-14-23)34-30(37)27-26-17-18-33(40-26)28(27)32(39)36(19-22-10-5-4-6-11-22)29(33)31(38)35-25-12-8-7-9-21(25)3/h4-6,10-11,13-18,20-21,25-29H,7-9,12,19H2,1-3H3,(H,34,37)(H,35,38)/t21?,25?,26-,27?,28-,29?,33?/m0/s1. The van der Waals surface area contributed by atoms with E-state index in [0.717, 1.165) is 24.8 Å². The molecule has 1 saturated carbocycles. The fraction of sp³-hybridized carbons (Fsp3) is 0.485. The summed E-state index contributed by atoms with van der Waals surface area (Å²) in [4.78, 5) is 43.6. The Balaban J connectivity index is 1.30. The maximum absolute atomic E-state index is 14.2. The Kier molecular flexibility index (Phi) is 7.03. The van der Waals surface area contributed by atoms with Crippen molar-refractivity contribution in [2.75, 3.05) is 5.32 Å². The molecule has 0 radical (unpaired) electrons. The summed E-state index contributed by atoms with van der Waals surface area (Å²) in [6, 6.07) is 16.7. The molecule has 2 aromatic carbocycles. The minimum atomic E-state index is -1.16. The molecule has 6 rings (SSSR count). The normalized spacial score (nSPS) is 32.4. The number of ether oxygens (including phenoxy) is 1. The smallest absolute Gasteiger partial charge is 0.246 e. The van der Waals surface area contributed by atoms with Gasteiger partial charge in [-0.3, -0.25) is 14.4 Å². The van der Waals surface area contributed by atoms with Gasteiger partial charge >= 0.3 is 0 Å². The van der Waals surface area contributed by atoms with Crippen LogP contribution in [-0.4, -0.2) is 46.4 Å². The van der Waals surface area contributed by atoms with E-state index in [1.54, 1.807) is 4.90 Å². The zero-order valence-electron chi connectivity index (χ0n) is 23.5. The van der Waals surface area contributed by atoms with Crippen LogP contribution in [0.1, 0.15) is 63.5 Å². The number of amides is 3. The molecule has 7 nitrogen and oxygen atoms in total. The summed E-state index contributed by atoms with van der Waals surface area (Å²) in [5.41, 5.74) is 1.64. The molecule has 3 amide bonds. The lowest BCUT2D eigenvalue weighted by molar-refractivity contribution is -0.142. The van der Waals surface area contributed by atoms with Crippen LogP contribution in [0.25, 0.3) is 0 Å². The van der Waals surface area contributed by atoms with Crippen LogP contribution in [0.3, 0.4) is 0 Å². The van der Waals surface area contributed by atoms with Crippen LogP contribution in [0, 0.1) is 17.8 Å². The molecule has 3 aliphatic heterocycles. The lowest BCUT2D eigenvalue weighted by Crippen LogP contribution is -2.57. The summed E-state index contributed by atoms with van der Waals surface area (Å²) in [6.07, 6.45) is 7.46. The highest BCUT2D eigenvalue weighted by Crippen LogP contribution is 2.55. The van der Waals surface area contributed by atoms with E-state index < -0.39 is 29.6 Å². The molecule has 210 valence electrons. The Morgan fingerprint density at radius 3 is 2.45 bits per heavy atom. The molecule has 2 saturated heterocycles. The number of benzene rings is 2. The van der Waals surface area contributed by atoms with Crippen molar-refractivity contribution in [2.24, 2.45) is 17.8 Å². The minimum Gasteiger partial charge on any atom is -0.359 e. The number of hydrogen-bond donors (Lipinski definition) is 2. The average Bonchev–Trinajstić information content (AvgIpc) is 3.58. The molecule has 7 heteroatoms. The first-order valence-electron chi connectivity index (χ1n) is 14.7. The number of hydrogen-bond acceptors (Lipinski definition) is 4. The van der Waals surface area contributed by atoms with Crippen molar-refractivity contribution in [3.63, 3.8) is 0 Å². The van der Waals surface area contributed by atoms with Gasteiger partial charge in [0.1, 0.15) is 11.6 Å². The zero-order chi connectivity index (χ0) is 28.0. The SMILES string of the molecule is CC(C)c1ccc(NC(=O)C2[C@@H]3C=CC4(O3)C(C(=O)NC3CCCCC3C)N(Cc3ccccc3)C(=O)[C@H]24)cc1. The Hall–Kier alpha value is -3.45. The van der Waals surface area contributed by atoms with Crippen molar-refractivity contribution < 1.29 is 19.1 Å². The van der Waals surface area contributed by atoms with E-state index in [0.29, 0.717) is 17.5 Å². The van der Waals surface area contributed by atoms with Gasteiger partial charge in [-0.15, -0.1) is 0 Å². The molecule has 5 unspecified atom stereocenters. The number of carbonyl (C=O) groups is 3. The maximum atomic E-state index is 14.2. The summed E-state index contributed by atoms with van der Waals surface area (Å²) in [7, 11) is 0. The monoisotopic (exact) mass is 541 g/mol. The number of nitrogens with one attached hydrogen (secondary N) is 2. The summed E-state index contributed by atoms with van der Waals surface area (Å²) in [5.74, 6) is -1.37. The van der Waals surface area contributed by atoms with Crippen LogP contribution in [0.2, 0.25) is 0 Å². The number of rotatable bonds is 7. The van der Waals surface area contributed by atoms with E-state index in [-0.39, 0.29) is 30.3 Å². The first-order chi connectivity index (χ1) is 19.3. The second-order valence-corrected chi connectivity index (χ2v) is 12.3. The average molecular weight is 542 g/mol. The maximum Gasteiger partial charge on any atom is 0.246 e. The number of carbonyl (C=O) groups excluding carboxylic acids is 3. The van der Waals surface area contributed by atoms with Gasteiger partial charge in [-0.05, 0) is 47.9 Å². The highest BCUT2D eigenvalue weighted by Gasteiger charge is 2.72. The number of nitrogens with zero attached hydrogens (tertiary/aromatic N) is 1. The van der Waals surface area contributed by atoms with Gasteiger partial charge < -0.3 is 20.3 Å². The summed E-state index contributed by atoms with van der Waals surface area (Å²) < 4.78 is 6.50. The molecule has 7 atom stereocenters. The molecule has 1 spiro atoms. The van der Waals surface area contributed by atoms with Crippen LogP contribution in [-0.2, 0) is 25.7 Å². The van der Waals surface area contributed by atoms with E-state index in [2.05, 4.69) is 31.4 Å². The highest BCUT2D eigenvalue weighted by atomic mass is 16.5. The predicted molar refractivity (Wildman–Crippen MR) is 153 cm³/mol. The first-order valence-corrected chi connectivity index (χ1v) is 14.7. The van der Waals surface area contributed by atoms with Crippen molar-refractivity contribution in [3.05, 3.63) is 77.9 Å². The second-order valence-electron chi connectivity index (χ2n) is 12.3. The first kappa shape index (κ1) is 26.8. The Morgan fingerprint density at radius 2 is 1.75 bits per heavy atom. The lowest BCUT2D eigenvalue weighted by Gasteiger charge is -2.36. The van der Waals surface area contributed by atoms with E-state index in [9.17, 15) is 14.4 Å². The van der Waals surface area contributed by atoms with E-state index >= 15 is 0 Å². The predicted octanol–water partition coefficient (Wildman–Crippen LogP) is 4.79. The fourth-order valence-corrected chi connectivity index (χ4v) is 7.19. The van der Waals surface area contributed by atoms with Gasteiger partial charge in [-0.25, -0.2) is 0 Å². The summed E-state index contributed by atoms with van der Waals surface area (Å²) >= 11 is 0. The summed E-state index contributed by atoms with van der Waals surface area (Å²) in [6.45, 7) is 6.71. The molecule has 3 heterocycles. The molecule has 3 fully saturated rings. The third-order valence-electron chi connectivity index (χ3n) is 9.40. The number of fused-ring (bicyclic) bond motifs is 1. The molecule has 2 N–H and O–H groups in total. The topological polar surface area (TPSA) is 87.7 Å². The van der Waals surface area contributed by atoms with Crippen LogP contribution in [0.4, 0.5) is 5.69 Å². The molecule has 40 heavy (non-hydrogen) atoms. The Bertz CT molecular complexity index is 1310. The van der Waals surface area contributed by atoms with Gasteiger partial charge in [-0.2, -0.15) is 0 Å². The molecule has 4 aliphatic rings. The van der Waals surface area contributed by atoms with Gasteiger partial charge in [0.05, 0.1) is 17.9 Å². The Morgan fingerprint density at radius 1 is 1.02 bits per heavy atom. The van der Waals surface area contributed by atoms with E-state index in [4.69, 9.17) is 4.74 Å². The molecule has 2 aromatic rings. The molecular weight excluding hydrogens is 502 g/mol. The number of likely N-dealkylation sites (tertiary alicyclic amines) is 1.